The van der Waals surface area contributed by atoms with Crippen LogP contribution in [0, 0.1) is 0 Å². The Labute approximate surface area is 47.9 Å². The molecule has 7 heavy (non-hydrogen) atoms. The minimum absolute atomic E-state index is 0.275. The van der Waals surface area contributed by atoms with Gasteiger partial charge < -0.3 is 0 Å². The van der Waals surface area contributed by atoms with Gasteiger partial charge in [0.15, 0.2) is 0 Å². The molecule has 0 nitrogen and oxygen atoms in total. The SMILES string of the molecule is CC=CC[SiH](C)C. The minimum atomic E-state index is -0.275. The highest BCUT2D eigenvalue weighted by Gasteiger charge is 1.86. The molecule has 0 saturated carbocycles. The first-order valence-electron chi connectivity index (χ1n) is 2.88. The summed E-state index contributed by atoms with van der Waals surface area (Å²) in [7, 11) is -0.275. The van der Waals surface area contributed by atoms with E-state index in [0.29, 0.717) is 0 Å². The summed E-state index contributed by atoms with van der Waals surface area (Å²) in [6.45, 7) is 6.80. The van der Waals surface area contributed by atoms with Gasteiger partial charge in [-0.1, -0.05) is 25.2 Å². The molecule has 0 N–H and O–H groups in total. The molecule has 0 fully saturated rings. The first-order valence-corrected chi connectivity index (χ1v) is 6.01. The lowest BCUT2D eigenvalue weighted by atomic mass is 10.6. The van der Waals surface area contributed by atoms with Gasteiger partial charge in [-0.25, -0.2) is 0 Å². The van der Waals surface area contributed by atoms with Crippen molar-refractivity contribution in [1.82, 2.24) is 0 Å². The summed E-state index contributed by atoms with van der Waals surface area (Å²) in [6, 6.07) is 1.36. The van der Waals surface area contributed by atoms with Gasteiger partial charge in [-0.05, 0) is 13.0 Å². The molecule has 0 amide bonds. The molecule has 0 spiro atoms. The van der Waals surface area contributed by atoms with Crippen molar-refractivity contribution in [2.45, 2.75) is 26.1 Å². The van der Waals surface area contributed by atoms with Gasteiger partial charge in [-0.15, -0.1) is 0 Å². The van der Waals surface area contributed by atoms with Crippen LogP contribution in [0.1, 0.15) is 6.92 Å². The van der Waals surface area contributed by atoms with Crippen molar-refractivity contribution in [2.75, 3.05) is 0 Å². The summed E-state index contributed by atoms with van der Waals surface area (Å²) in [5.41, 5.74) is 0. The average Bonchev–Trinajstić information content (AvgIpc) is 1.61. The Morgan fingerprint density at radius 3 is 2.14 bits per heavy atom. The van der Waals surface area contributed by atoms with E-state index in [1.165, 1.54) is 6.04 Å². The van der Waals surface area contributed by atoms with E-state index in [4.69, 9.17) is 0 Å². The van der Waals surface area contributed by atoms with Crippen molar-refractivity contribution < 1.29 is 0 Å². The van der Waals surface area contributed by atoms with Crippen LogP contribution >= 0.6 is 0 Å². The zero-order valence-corrected chi connectivity index (χ0v) is 6.59. The van der Waals surface area contributed by atoms with E-state index < -0.39 is 0 Å². The molecule has 0 unspecified atom stereocenters. The Morgan fingerprint density at radius 2 is 2.00 bits per heavy atom. The molecule has 0 atom stereocenters. The molecule has 0 aromatic rings. The molecule has 0 saturated heterocycles. The first-order chi connectivity index (χ1) is 3.27. The second kappa shape index (κ2) is 4.12. The summed E-state index contributed by atoms with van der Waals surface area (Å²) in [5.74, 6) is 0. The van der Waals surface area contributed by atoms with Crippen molar-refractivity contribution >= 4 is 8.80 Å². The summed E-state index contributed by atoms with van der Waals surface area (Å²) < 4.78 is 0. The second-order valence-electron chi connectivity index (χ2n) is 2.20. The van der Waals surface area contributed by atoms with Gasteiger partial charge in [0, 0.05) is 8.80 Å². The number of hydrogen-bond donors (Lipinski definition) is 0. The molecule has 0 aliphatic rings. The van der Waals surface area contributed by atoms with Gasteiger partial charge in [0.25, 0.3) is 0 Å². The third kappa shape index (κ3) is 5.96. The standard InChI is InChI=1S/C6H14Si/c1-4-5-6-7(2)3/h4-5,7H,6H2,1-3H3. The summed E-state index contributed by atoms with van der Waals surface area (Å²) >= 11 is 0. The lowest BCUT2D eigenvalue weighted by Gasteiger charge is -1.91. The van der Waals surface area contributed by atoms with Crippen molar-refractivity contribution in [2.24, 2.45) is 0 Å². The van der Waals surface area contributed by atoms with Gasteiger partial charge >= 0.3 is 0 Å². The Morgan fingerprint density at radius 1 is 1.43 bits per heavy atom. The number of rotatable bonds is 2. The summed E-state index contributed by atoms with van der Waals surface area (Å²) in [6.07, 6.45) is 4.39. The van der Waals surface area contributed by atoms with Gasteiger partial charge in [-0.3, -0.25) is 0 Å². The molecule has 0 rings (SSSR count). The zero-order chi connectivity index (χ0) is 5.70. The number of allylic oxidation sites excluding steroid dienone is 2. The third-order valence-corrected chi connectivity index (χ3v) is 2.06. The van der Waals surface area contributed by atoms with Crippen LogP contribution in [-0.4, -0.2) is 8.80 Å². The quantitative estimate of drug-likeness (QED) is 0.381. The van der Waals surface area contributed by atoms with Crippen LogP contribution < -0.4 is 0 Å². The highest BCUT2D eigenvalue weighted by molar-refractivity contribution is 6.56. The Hall–Kier alpha value is -0.0431. The van der Waals surface area contributed by atoms with Crippen LogP contribution in [-0.2, 0) is 0 Å². The van der Waals surface area contributed by atoms with Crippen LogP contribution in [0.2, 0.25) is 19.1 Å². The van der Waals surface area contributed by atoms with Crippen LogP contribution in [0.4, 0.5) is 0 Å². The highest BCUT2D eigenvalue weighted by atomic mass is 28.3. The molecular weight excluding hydrogens is 100 g/mol. The number of hydrogen-bond acceptors (Lipinski definition) is 0. The lowest BCUT2D eigenvalue weighted by molar-refractivity contribution is 1.56. The molecule has 0 aliphatic heterocycles. The zero-order valence-electron chi connectivity index (χ0n) is 5.44. The highest BCUT2D eigenvalue weighted by Crippen LogP contribution is 1.90. The smallest absolute Gasteiger partial charge is 0.0344 e. The molecule has 0 bridgehead atoms. The average molecular weight is 114 g/mol. The van der Waals surface area contributed by atoms with Crippen molar-refractivity contribution in [3.05, 3.63) is 12.2 Å². The Bertz CT molecular complexity index is 55.2. The van der Waals surface area contributed by atoms with Crippen molar-refractivity contribution in [1.29, 1.82) is 0 Å². The van der Waals surface area contributed by atoms with Gasteiger partial charge in [0.1, 0.15) is 0 Å². The molecule has 0 heterocycles. The largest absolute Gasteiger partial charge is 0.0920 e. The Balaban J connectivity index is 2.97. The minimum Gasteiger partial charge on any atom is -0.0920 e. The van der Waals surface area contributed by atoms with E-state index in [-0.39, 0.29) is 8.80 Å². The van der Waals surface area contributed by atoms with E-state index in [2.05, 4.69) is 32.2 Å². The summed E-state index contributed by atoms with van der Waals surface area (Å²) in [5, 5.41) is 0. The van der Waals surface area contributed by atoms with Crippen molar-refractivity contribution in [3.8, 4) is 0 Å². The fraction of sp³-hybridized carbons (Fsp3) is 0.667. The van der Waals surface area contributed by atoms with E-state index in [1.807, 2.05) is 0 Å². The molecule has 0 aromatic heterocycles. The van der Waals surface area contributed by atoms with Crippen LogP contribution in [0.5, 0.6) is 0 Å². The fourth-order valence-electron chi connectivity index (χ4n) is 0.408. The fourth-order valence-corrected chi connectivity index (χ4v) is 1.22. The molecule has 0 aliphatic carbocycles. The molecule has 0 radical (unpaired) electrons. The monoisotopic (exact) mass is 114 g/mol. The topological polar surface area (TPSA) is 0 Å². The van der Waals surface area contributed by atoms with Gasteiger partial charge in [-0.2, -0.15) is 0 Å². The molecule has 1 heteroatoms. The predicted molar refractivity (Wildman–Crippen MR) is 38.5 cm³/mol. The first kappa shape index (κ1) is 6.96. The maximum atomic E-state index is 2.36. The second-order valence-corrected chi connectivity index (χ2v) is 5.46. The van der Waals surface area contributed by atoms with Gasteiger partial charge in [0.2, 0.25) is 0 Å². The van der Waals surface area contributed by atoms with Gasteiger partial charge in [0.05, 0.1) is 0 Å². The lowest BCUT2D eigenvalue weighted by Crippen LogP contribution is -1.94. The summed E-state index contributed by atoms with van der Waals surface area (Å²) in [4.78, 5) is 0. The molecule has 0 aromatic carbocycles. The van der Waals surface area contributed by atoms with Crippen molar-refractivity contribution in [3.63, 3.8) is 0 Å². The predicted octanol–water partition coefficient (Wildman–Crippen LogP) is 2.05. The molecular formula is C6H14Si. The normalized spacial score (nSPS) is 11.4. The van der Waals surface area contributed by atoms with E-state index in [0.717, 1.165) is 0 Å². The Kier molecular flexibility index (Phi) is 4.10. The van der Waals surface area contributed by atoms with E-state index in [1.54, 1.807) is 0 Å². The van der Waals surface area contributed by atoms with Crippen LogP contribution in [0.25, 0.3) is 0 Å². The van der Waals surface area contributed by atoms with Crippen LogP contribution in [0.3, 0.4) is 0 Å². The third-order valence-electron chi connectivity index (χ3n) is 0.843. The maximum absolute atomic E-state index is 2.36. The van der Waals surface area contributed by atoms with Crippen LogP contribution in [0.15, 0.2) is 12.2 Å². The van der Waals surface area contributed by atoms with E-state index >= 15 is 0 Å². The maximum Gasteiger partial charge on any atom is 0.0344 e. The van der Waals surface area contributed by atoms with E-state index in [9.17, 15) is 0 Å². The molecule has 42 valence electrons.